The Labute approximate surface area is 106 Å². The highest BCUT2D eigenvalue weighted by Crippen LogP contribution is 2.27. The van der Waals surface area contributed by atoms with Crippen molar-refractivity contribution in [3.63, 3.8) is 0 Å². The van der Waals surface area contributed by atoms with Crippen LogP contribution in [0.25, 0.3) is 0 Å². The Bertz CT molecular complexity index is 425. The second-order valence-corrected chi connectivity index (χ2v) is 4.45. The van der Waals surface area contributed by atoms with Gasteiger partial charge in [0.1, 0.15) is 0 Å². The van der Waals surface area contributed by atoms with Crippen LogP contribution in [-0.2, 0) is 9.59 Å². The summed E-state index contributed by atoms with van der Waals surface area (Å²) >= 11 is 9.07. The van der Waals surface area contributed by atoms with E-state index in [1.54, 1.807) is 12.1 Å². The highest BCUT2D eigenvalue weighted by molar-refractivity contribution is 9.10. The van der Waals surface area contributed by atoms with Crippen LogP contribution in [0.4, 0.5) is 0 Å². The van der Waals surface area contributed by atoms with Crippen molar-refractivity contribution in [1.29, 1.82) is 0 Å². The summed E-state index contributed by atoms with van der Waals surface area (Å²) in [6.45, 7) is 0. The zero-order valence-electron chi connectivity index (χ0n) is 8.35. The molecule has 1 aromatic rings. The number of amides is 1. The molecular formula is C10H9BrClNO3. The fourth-order valence-corrected chi connectivity index (χ4v) is 1.73. The van der Waals surface area contributed by atoms with Crippen molar-refractivity contribution in [2.45, 2.75) is 6.04 Å². The van der Waals surface area contributed by atoms with Gasteiger partial charge in [0.15, 0.2) is 6.04 Å². The Morgan fingerprint density at radius 2 is 2.25 bits per heavy atom. The van der Waals surface area contributed by atoms with Crippen molar-refractivity contribution >= 4 is 39.9 Å². The first-order valence-electron chi connectivity index (χ1n) is 4.32. The molecular weight excluding hydrogens is 297 g/mol. The van der Waals surface area contributed by atoms with Crippen molar-refractivity contribution in [3.05, 3.63) is 33.3 Å². The molecule has 0 aromatic heterocycles. The number of carbonyl (C=O) groups is 2. The Hall–Kier alpha value is -1.07. The fourth-order valence-electron chi connectivity index (χ4n) is 1.30. The Morgan fingerprint density at radius 1 is 1.62 bits per heavy atom. The van der Waals surface area contributed by atoms with Gasteiger partial charge in [-0.1, -0.05) is 17.7 Å². The van der Waals surface area contributed by atoms with Crippen LogP contribution in [0.5, 0.6) is 0 Å². The quantitative estimate of drug-likeness (QED) is 0.869. The van der Waals surface area contributed by atoms with E-state index in [2.05, 4.69) is 15.9 Å². The maximum Gasteiger partial charge on any atom is 0.331 e. The molecule has 0 saturated heterocycles. The molecule has 6 heteroatoms. The first-order chi connectivity index (χ1) is 7.47. The maximum atomic E-state index is 11.0. The van der Waals surface area contributed by atoms with Crippen LogP contribution < -0.4 is 0 Å². The van der Waals surface area contributed by atoms with E-state index in [-0.39, 0.29) is 0 Å². The monoisotopic (exact) mass is 305 g/mol. The SMILES string of the molecule is CN(C=O)C(C(=O)O)c1ccc(Br)c(Cl)c1. The van der Waals surface area contributed by atoms with E-state index >= 15 is 0 Å². The molecule has 16 heavy (non-hydrogen) atoms. The lowest BCUT2D eigenvalue weighted by molar-refractivity contribution is -0.145. The molecule has 0 aliphatic rings. The molecule has 0 radical (unpaired) electrons. The summed E-state index contributed by atoms with van der Waals surface area (Å²) in [4.78, 5) is 22.7. The average Bonchev–Trinajstić information content (AvgIpc) is 2.22. The molecule has 1 N–H and O–H groups in total. The normalized spacial score (nSPS) is 11.9. The molecule has 1 unspecified atom stereocenters. The van der Waals surface area contributed by atoms with Crippen molar-refractivity contribution in [2.24, 2.45) is 0 Å². The summed E-state index contributed by atoms with van der Waals surface area (Å²) in [5.41, 5.74) is 0.454. The van der Waals surface area contributed by atoms with Gasteiger partial charge in [-0.05, 0) is 33.6 Å². The van der Waals surface area contributed by atoms with Gasteiger partial charge in [-0.2, -0.15) is 0 Å². The molecule has 86 valence electrons. The van der Waals surface area contributed by atoms with Gasteiger partial charge in [0, 0.05) is 11.5 Å². The molecule has 1 atom stereocenters. The van der Waals surface area contributed by atoms with E-state index in [1.165, 1.54) is 13.1 Å². The number of hydrogen-bond donors (Lipinski definition) is 1. The third-order valence-electron chi connectivity index (χ3n) is 2.07. The van der Waals surface area contributed by atoms with E-state index in [0.717, 1.165) is 4.90 Å². The molecule has 1 rings (SSSR count). The topological polar surface area (TPSA) is 57.6 Å². The molecule has 1 aromatic carbocycles. The third kappa shape index (κ3) is 2.74. The summed E-state index contributed by atoms with van der Waals surface area (Å²) in [5, 5.41) is 9.44. The van der Waals surface area contributed by atoms with Crippen LogP contribution in [0.3, 0.4) is 0 Å². The lowest BCUT2D eigenvalue weighted by atomic mass is 10.1. The Kier molecular flexibility index (Phi) is 4.32. The summed E-state index contributed by atoms with van der Waals surface area (Å²) in [5.74, 6) is -1.10. The van der Waals surface area contributed by atoms with E-state index < -0.39 is 12.0 Å². The van der Waals surface area contributed by atoms with Crippen LogP contribution in [0.2, 0.25) is 5.02 Å². The molecule has 0 aliphatic carbocycles. The number of benzene rings is 1. The fraction of sp³-hybridized carbons (Fsp3) is 0.200. The van der Waals surface area contributed by atoms with E-state index in [0.29, 0.717) is 21.5 Å². The summed E-state index contributed by atoms with van der Waals surface area (Å²) in [6.07, 6.45) is 0.467. The molecule has 1 amide bonds. The smallest absolute Gasteiger partial charge is 0.331 e. The second kappa shape index (κ2) is 5.32. The number of carboxylic acids is 1. The van der Waals surface area contributed by atoms with Gasteiger partial charge in [-0.3, -0.25) is 4.79 Å². The zero-order chi connectivity index (χ0) is 12.3. The molecule has 0 saturated carbocycles. The number of rotatable bonds is 4. The Morgan fingerprint density at radius 3 is 2.69 bits per heavy atom. The van der Waals surface area contributed by atoms with Crippen LogP contribution >= 0.6 is 27.5 Å². The number of hydrogen-bond acceptors (Lipinski definition) is 2. The van der Waals surface area contributed by atoms with Crippen molar-refractivity contribution in [3.8, 4) is 0 Å². The predicted octanol–water partition coefficient (Wildman–Crippen LogP) is 2.32. The molecule has 4 nitrogen and oxygen atoms in total. The first-order valence-corrected chi connectivity index (χ1v) is 5.49. The predicted molar refractivity (Wildman–Crippen MR) is 63.4 cm³/mol. The average molecular weight is 307 g/mol. The highest BCUT2D eigenvalue weighted by Gasteiger charge is 2.24. The summed E-state index contributed by atoms with van der Waals surface area (Å²) in [7, 11) is 1.40. The van der Waals surface area contributed by atoms with Gasteiger partial charge in [-0.25, -0.2) is 4.79 Å². The largest absolute Gasteiger partial charge is 0.479 e. The van der Waals surface area contributed by atoms with Crippen molar-refractivity contribution in [1.82, 2.24) is 4.90 Å². The molecule has 0 heterocycles. The molecule has 0 aliphatic heterocycles. The Balaban J connectivity index is 3.16. The number of carboxylic acid groups (broad SMARTS) is 1. The van der Waals surface area contributed by atoms with E-state index in [9.17, 15) is 9.59 Å². The molecule has 0 fully saturated rings. The standard InChI is InChI=1S/C10H9BrClNO3/c1-13(5-14)9(10(15)16)6-2-3-7(11)8(12)4-6/h2-5,9H,1H3,(H,15,16). The summed E-state index contributed by atoms with van der Waals surface area (Å²) in [6, 6.07) is 3.74. The zero-order valence-corrected chi connectivity index (χ0v) is 10.7. The van der Waals surface area contributed by atoms with Crippen LogP contribution in [0.15, 0.2) is 22.7 Å². The lowest BCUT2D eigenvalue weighted by Gasteiger charge is -2.21. The van der Waals surface area contributed by atoms with Crippen LogP contribution in [0.1, 0.15) is 11.6 Å². The van der Waals surface area contributed by atoms with Gasteiger partial charge in [0.2, 0.25) is 6.41 Å². The van der Waals surface area contributed by atoms with Gasteiger partial charge in [0.05, 0.1) is 5.02 Å². The van der Waals surface area contributed by atoms with Crippen molar-refractivity contribution in [2.75, 3.05) is 7.05 Å². The van der Waals surface area contributed by atoms with Crippen molar-refractivity contribution < 1.29 is 14.7 Å². The summed E-state index contributed by atoms with van der Waals surface area (Å²) < 4.78 is 0.677. The minimum atomic E-state index is -1.10. The number of halogens is 2. The first kappa shape index (κ1) is 13.0. The van der Waals surface area contributed by atoms with Gasteiger partial charge in [0.25, 0.3) is 0 Å². The van der Waals surface area contributed by atoms with Gasteiger partial charge < -0.3 is 10.0 Å². The van der Waals surface area contributed by atoms with Gasteiger partial charge in [-0.15, -0.1) is 0 Å². The maximum absolute atomic E-state index is 11.0. The number of carbonyl (C=O) groups excluding carboxylic acids is 1. The van der Waals surface area contributed by atoms with Crippen LogP contribution in [-0.4, -0.2) is 29.4 Å². The number of nitrogens with zero attached hydrogens (tertiary/aromatic N) is 1. The van der Waals surface area contributed by atoms with Gasteiger partial charge >= 0.3 is 5.97 Å². The van der Waals surface area contributed by atoms with Crippen LogP contribution in [0, 0.1) is 0 Å². The number of aliphatic carboxylic acids is 1. The molecule has 0 spiro atoms. The highest BCUT2D eigenvalue weighted by atomic mass is 79.9. The lowest BCUT2D eigenvalue weighted by Crippen LogP contribution is -2.29. The minimum Gasteiger partial charge on any atom is -0.479 e. The second-order valence-electron chi connectivity index (χ2n) is 3.19. The van der Waals surface area contributed by atoms with E-state index in [1.807, 2.05) is 0 Å². The number of likely N-dealkylation sites (N-methyl/N-ethyl adjacent to an activating group) is 1. The van der Waals surface area contributed by atoms with E-state index in [4.69, 9.17) is 16.7 Å². The third-order valence-corrected chi connectivity index (χ3v) is 3.30. The molecule has 0 bridgehead atoms. The minimum absolute atomic E-state index is 0.406.